The molecule has 0 aliphatic carbocycles. The Hall–Kier alpha value is 0.440. The van der Waals surface area contributed by atoms with Gasteiger partial charge in [-0.05, 0) is 18.8 Å². The topological polar surface area (TPSA) is 20.2 Å². The minimum atomic E-state index is 0.343. The lowest BCUT2D eigenvalue weighted by Gasteiger charge is -2.07. The van der Waals surface area contributed by atoms with Crippen LogP contribution in [0.15, 0.2) is 0 Å². The molecule has 0 rings (SSSR count). The highest BCUT2D eigenvalue weighted by molar-refractivity contribution is 9.09. The lowest BCUT2D eigenvalue weighted by atomic mass is 10.0. The number of aliphatic hydroxyl groups excluding tert-OH is 1. The second-order valence-electron chi connectivity index (χ2n) is 2.80. The van der Waals surface area contributed by atoms with Gasteiger partial charge in [-0.15, -0.1) is 0 Å². The molecule has 0 aliphatic rings. The maximum atomic E-state index is 8.58. The lowest BCUT2D eigenvalue weighted by Crippen LogP contribution is -1.97. The van der Waals surface area contributed by atoms with Crippen molar-refractivity contribution in [3.05, 3.63) is 0 Å². The Labute approximate surface area is 72.0 Å². The first-order valence-corrected chi connectivity index (χ1v) is 5.10. The van der Waals surface area contributed by atoms with Gasteiger partial charge in [0.25, 0.3) is 0 Å². The monoisotopic (exact) mass is 208 g/mol. The molecule has 0 bridgehead atoms. The fourth-order valence-electron chi connectivity index (χ4n) is 0.952. The van der Waals surface area contributed by atoms with Crippen LogP contribution >= 0.6 is 15.9 Å². The maximum Gasteiger partial charge on any atom is 0.0433 e. The van der Waals surface area contributed by atoms with E-state index in [0.29, 0.717) is 12.5 Å². The van der Waals surface area contributed by atoms with E-state index in [0.717, 1.165) is 11.8 Å². The smallest absolute Gasteiger partial charge is 0.0433 e. The summed E-state index contributed by atoms with van der Waals surface area (Å²) in [5.41, 5.74) is 0. The van der Waals surface area contributed by atoms with Crippen molar-refractivity contribution in [1.29, 1.82) is 0 Å². The molecule has 0 aromatic heterocycles. The molecular weight excluding hydrogens is 192 g/mol. The molecule has 0 amide bonds. The molecule has 0 aromatic carbocycles. The Balaban J connectivity index is 2.97. The molecule has 0 radical (unpaired) electrons. The Morgan fingerprint density at radius 2 is 2.00 bits per heavy atom. The van der Waals surface area contributed by atoms with Gasteiger partial charge < -0.3 is 5.11 Å². The molecule has 2 heteroatoms. The highest BCUT2D eigenvalue weighted by atomic mass is 79.9. The van der Waals surface area contributed by atoms with Gasteiger partial charge in [0.2, 0.25) is 0 Å². The quantitative estimate of drug-likeness (QED) is 0.526. The van der Waals surface area contributed by atoms with Crippen molar-refractivity contribution in [2.45, 2.75) is 32.6 Å². The summed E-state index contributed by atoms with van der Waals surface area (Å²) in [6, 6.07) is 0. The van der Waals surface area contributed by atoms with Crippen molar-refractivity contribution in [2.75, 3.05) is 11.9 Å². The second-order valence-corrected chi connectivity index (χ2v) is 3.60. The summed E-state index contributed by atoms with van der Waals surface area (Å²) in [4.78, 5) is 0. The van der Waals surface area contributed by atoms with Crippen LogP contribution in [0.4, 0.5) is 0 Å². The van der Waals surface area contributed by atoms with Crippen LogP contribution in [-0.2, 0) is 0 Å². The van der Waals surface area contributed by atoms with Crippen LogP contribution in [0.25, 0.3) is 0 Å². The number of alkyl halides is 1. The third kappa shape index (κ3) is 6.56. The summed E-state index contributed by atoms with van der Waals surface area (Å²) in [5.74, 6) is 0.698. The number of unbranched alkanes of at least 4 members (excludes halogenated alkanes) is 1. The van der Waals surface area contributed by atoms with Gasteiger partial charge in [0, 0.05) is 11.9 Å². The van der Waals surface area contributed by atoms with E-state index in [1.54, 1.807) is 0 Å². The molecule has 0 fully saturated rings. The minimum absolute atomic E-state index is 0.343. The van der Waals surface area contributed by atoms with E-state index in [4.69, 9.17) is 5.11 Å². The molecule has 0 saturated heterocycles. The van der Waals surface area contributed by atoms with Gasteiger partial charge in [0.15, 0.2) is 0 Å². The highest BCUT2D eigenvalue weighted by Gasteiger charge is 1.99. The first-order valence-electron chi connectivity index (χ1n) is 3.98. The summed E-state index contributed by atoms with van der Waals surface area (Å²) in [6.45, 7) is 2.54. The molecule has 1 atom stereocenters. The van der Waals surface area contributed by atoms with E-state index in [2.05, 4.69) is 22.9 Å². The van der Waals surface area contributed by atoms with Crippen molar-refractivity contribution < 1.29 is 5.11 Å². The van der Waals surface area contributed by atoms with Crippen molar-refractivity contribution in [1.82, 2.24) is 0 Å². The van der Waals surface area contributed by atoms with Gasteiger partial charge >= 0.3 is 0 Å². The molecule has 10 heavy (non-hydrogen) atoms. The molecule has 0 aromatic rings. The zero-order chi connectivity index (χ0) is 7.82. The molecular formula is C8H17BrO. The molecule has 0 aliphatic heterocycles. The molecule has 62 valence electrons. The third-order valence-corrected chi connectivity index (χ3v) is 2.26. The van der Waals surface area contributed by atoms with Gasteiger partial charge in [-0.25, -0.2) is 0 Å². The summed E-state index contributed by atoms with van der Waals surface area (Å²) < 4.78 is 0. The Bertz CT molecular complexity index is 66.3. The molecule has 0 spiro atoms. The third-order valence-electron chi connectivity index (χ3n) is 1.70. The number of hydrogen-bond acceptors (Lipinski definition) is 1. The van der Waals surface area contributed by atoms with Gasteiger partial charge in [0.05, 0.1) is 0 Å². The van der Waals surface area contributed by atoms with E-state index in [1.807, 2.05) is 0 Å². The van der Waals surface area contributed by atoms with Crippen LogP contribution in [0.5, 0.6) is 0 Å². The molecule has 0 unspecified atom stereocenters. The number of aliphatic hydroxyl groups is 1. The van der Waals surface area contributed by atoms with Crippen molar-refractivity contribution >= 4 is 15.9 Å². The summed E-state index contributed by atoms with van der Waals surface area (Å²) in [7, 11) is 0. The average Bonchev–Trinajstić information content (AvgIpc) is 1.89. The predicted molar refractivity (Wildman–Crippen MR) is 48.5 cm³/mol. The summed E-state index contributed by atoms with van der Waals surface area (Å²) in [6.07, 6.45) is 4.76. The first-order chi connectivity index (χ1) is 4.81. The molecule has 0 heterocycles. The van der Waals surface area contributed by atoms with Gasteiger partial charge in [0.1, 0.15) is 0 Å². The molecule has 0 saturated carbocycles. The Kier molecular flexibility index (Phi) is 7.88. The van der Waals surface area contributed by atoms with E-state index in [9.17, 15) is 0 Å². The van der Waals surface area contributed by atoms with Crippen molar-refractivity contribution in [3.8, 4) is 0 Å². The number of hydrogen-bond donors (Lipinski definition) is 1. The summed E-state index contributed by atoms with van der Waals surface area (Å²) in [5, 5.41) is 9.69. The zero-order valence-electron chi connectivity index (χ0n) is 6.65. The van der Waals surface area contributed by atoms with E-state index in [1.165, 1.54) is 19.3 Å². The second kappa shape index (κ2) is 7.55. The lowest BCUT2D eigenvalue weighted by molar-refractivity contribution is 0.257. The van der Waals surface area contributed by atoms with E-state index < -0.39 is 0 Å². The standard InChI is InChI=1S/C8H17BrO/c1-8(5-7-10)4-2-3-6-9/h8,10H,2-7H2,1H3/t8-/m1/s1. The fraction of sp³-hybridized carbons (Fsp3) is 1.00. The fourth-order valence-corrected chi connectivity index (χ4v) is 1.35. The van der Waals surface area contributed by atoms with Crippen LogP contribution in [0.3, 0.4) is 0 Å². The van der Waals surface area contributed by atoms with Gasteiger partial charge in [-0.2, -0.15) is 0 Å². The summed E-state index contributed by atoms with van der Waals surface area (Å²) >= 11 is 3.39. The van der Waals surface area contributed by atoms with Crippen LogP contribution in [0.1, 0.15) is 32.6 Å². The largest absolute Gasteiger partial charge is 0.396 e. The van der Waals surface area contributed by atoms with Crippen molar-refractivity contribution in [2.24, 2.45) is 5.92 Å². The van der Waals surface area contributed by atoms with Crippen LogP contribution in [0, 0.1) is 5.92 Å². The van der Waals surface area contributed by atoms with Crippen LogP contribution in [-0.4, -0.2) is 17.0 Å². The zero-order valence-corrected chi connectivity index (χ0v) is 8.23. The Morgan fingerprint density at radius 3 is 2.50 bits per heavy atom. The molecule has 1 nitrogen and oxygen atoms in total. The van der Waals surface area contributed by atoms with Crippen molar-refractivity contribution in [3.63, 3.8) is 0 Å². The highest BCUT2D eigenvalue weighted by Crippen LogP contribution is 2.11. The maximum absolute atomic E-state index is 8.58. The van der Waals surface area contributed by atoms with E-state index >= 15 is 0 Å². The average molecular weight is 209 g/mol. The SMILES string of the molecule is C[C@@H](CCO)CCCCBr. The first kappa shape index (κ1) is 10.4. The van der Waals surface area contributed by atoms with Crippen LogP contribution in [0.2, 0.25) is 0 Å². The van der Waals surface area contributed by atoms with Gasteiger partial charge in [-0.1, -0.05) is 35.7 Å². The molecule has 1 N–H and O–H groups in total. The number of rotatable bonds is 6. The predicted octanol–water partition coefficient (Wildman–Crippen LogP) is 2.57. The van der Waals surface area contributed by atoms with E-state index in [-0.39, 0.29) is 0 Å². The number of halogens is 1. The normalized spacial score (nSPS) is 13.5. The Morgan fingerprint density at radius 1 is 1.30 bits per heavy atom. The van der Waals surface area contributed by atoms with Crippen LogP contribution < -0.4 is 0 Å². The van der Waals surface area contributed by atoms with Gasteiger partial charge in [-0.3, -0.25) is 0 Å². The minimum Gasteiger partial charge on any atom is -0.396 e.